The van der Waals surface area contributed by atoms with Gasteiger partial charge in [0, 0.05) is 18.7 Å². The van der Waals surface area contributed by atoms with Crippen LogP contribution < -0.4 is 5.32 Å². The van der Waals surface area contributed by atoms with Gasteiger partial charge in [-0.1, -0.05) is 12.1 Å². The van der Waals surface area contributed by atoms with E-state index in [0.29, 0.717) is 18.7 Å². The van der Waals surface area contributed by atoms with Gasteiger partial charge < -0.3 is 20.6 Å². The molecule has 0 atom stereocenters. The monoisotopic (exact) mass is 211 g/mol. The summed E-state index contributed by atoms with van der Waals surface area (Å²) in [5, 5.41) is 31.1. The van der Waals surface area contributed by atoms with Crippen molar-refractivity contribution in [1.29, 1.82) is 0 Å². The standard InChI is InChI=1S/C11H17NO3/c1-11(2,15)7-12-6-8-4-3-5-9(13)10(8)14/h3-5,12-15H,6-7H2,1-2H3. The highest BCUT2D eigenvalue weighted by Crippen LogP contribution is 2.27. The molecule has 0 aromatic heterocycles. The third kappa shape index (κ3) is 3.77. The van der Waals surface area contributed by atoms with Crippen LogP contribution in [-0.2, 0) is 6.54 Å². The SMILES string of the molecule is CC(C)(O)CNCc1cccc(O)c1O. The fraction of sp³-hybridized carbons (Fsp3) is 0.455. The first kappa shape index (κ1) is 11.8. The maximum Gasteiger partial charge on any atom is 0.161 e. The summed E-state index contributed by atoms with van der Waals surface area (Å²) in [6.07, 6.45) is 0. The molecule has 1 aromatic rings. The van der Waals surface area contributed by atoms with Crippen molar-refractivity contribution >= 4 is 0 Å². The highest BCUT2D eigenvalue weighted by atomic mass is 16.3. The summed E-state index contributed by atoms with van der Waals surface area (Å²) in [5.74, 6) is -0.238. The molecule has 84 valence electrons. The lowest BCUT2D eigenvalue weighted by Crippen LogP contribution is -2.34. The zero-order valence-corrected chi connectivity index (χ0v) is 8.99. The lowest BCUT2D eigenvalue weighted by Gasteiger charge is -2.18. The van der Waals surface area contributed by atoms with E-state index in [2.05, 4.69) is 5.32 Å². The smallest absolute Gasteiger partial charge is 0.161 e. The second kappa shape index (κ2) is 4.51. The summed E-state index contributed by atoms with van der Waals surface area (Å²) in [7, 11) is 0. The van der Waals surface area contributed by atoms with Crippen LogP contribution in [0.1, 0.15) is 19.4 Å². The van der Waals surface area contributed by atoms with E-state index < -0.39 is 5.60 Å². The maximum atomic E-state index is 9.47. The Morgan fingerprint density at radius 1 is 1.27 bits per heavy atom. The molecule has 4 nitrogen and oxygen atoms in total. The van der Waals surface area contributed by atoms with E-state index in [1.807, 2.05) is 0 Å². The molecule has 15 heavy (non-hydrogen) atoms. The van der Waals surface area contributed by atoms with E-state index >= 15 is 0 Å². The Kier molecular flexibility index (Phi) is 3.55. The fourth-order valence-electron chi connectivity index (χ4n) is 1.22. The van der Waals surface area contributed by atoms with Crippen LogP contribution in [0.2, 0.25) is 0 Å². The molecule has 4 N–H and O–H groups in total. The van der Waals surface area contributed by atoms with Gasteiger partial charge in [0.1, 0.15) is 0 Å². The molecule has 0 saturated heterocycles. The van der Waals surface area contributed by atoms with Crippen molar-refractivity contribution in [3.63, 3.8) is 0 Å². The Hall–Kier alpha value is -1.26. The predicted octanol–water partition coefficient (Wildman–Crippen LogP) is 0.958. The quantitative estimate of drug-likeness (QED) is 0.560. The molecule has 0 heterocycles. The van der Waals surface area contributed by atoms with Gasteiger partial charge in [-0.2, -0.15) is 0 Å². The minimum absolute atomic E-state index is 0.110. The van der Waals surface area contributed by atoms with Crippen molar-refractivity contribution < 1.29 is 15.3 Å². The van der Waals surface area contributed by atoms with Crippen molar-refractivity contribution in [3.8, 4) is 11.5 Å². The van der Waals surface area contributed by atoms with Crippen LogP contribution in [0.15, 0.2) is 18.2 Å². The van der Waals surface area contributed by atoms with Gasteiger partial charge in [-0.05, 0) is 19.9 Å². The van der Waals surface area contributed by atoms with Gasteiger partial charge in [0.15, 0.2) is 11.5 Å². The number of aliphatic hydroxyl groups is 1. The highest BCUT2D eigenvalue weighted by molar-refractivity contribution is 5.44. The summed E-state index contributed by atoms with van der Waals surface area (Å²) in [6.45, 7) is 4.22. The summed E-state index contributed by atoms with van der Waals surface area (Å²) in [6, 6.07) is 4.80. The number of hydrogen-bond donors (Lipinski definition) is 4. The first-order chi connectivity index (χ1) is 6.90. The van der Waals surface area contributed by atoms with E-state index in [4.69, 9.17) is 0 Å². The lowest BCUT2D eigenvalue weighted by molar-refractivity contribution is 0.0794. The van der Waals surface area contributed by atoms with Crippen LogP contribution in [0.5, 0.6) is 11.5 Å². The zero-order valence-electron chi connectivity index (χ0n) is 8.99. The number of rotatable bonds is 4. The first-order valence-electron chi connectivity index (χ1n) is 4.83. The number of phenolic OH excluding ortho intramolecular Hbond substituents is 2. The van der Waals surface area contributed by atoms with Crippen molar-refractivity contribution in [1.82, 2.24) is 5.32 Å². The topological polar surface area (TPSA) is 72.7 Å². The van der Waals surface area contributed by atoms with Crippen molar-refractivity contribution in [3.05, 3.63) is 23.8 Å². The average Bonchev–Trinajstić information content (AvgIpc) is 2.10. The molecule has 0 bridgehead atoms. The van der Waals surface area contributed by atoms with Gasteiger partial charge in [-0.3, -0.25) is 0 Å². The Morgan fingerprint density at radius 3 is 2.53 bits per heavy atom. The minimum Gasteiger partial charge on any atom is -0.504 e. The summed E-state index contributed by atoms with van der Waals surface area (Å²) >= 11 is 0. The lowest BCUT2D eigenvalue weighted by atomic mass is 10.1. The van der Waals surface area contributed by atoms with Crippen molar-refractivity contribution in [2.45, 2.75) is 26.0 Å². The van der Waals surface area contributed by atoms with Gasteiger partial charge in [-0.25, -0.2) is 0 Å². The first-order valence-corrected chi connectivity index (χ1v) is 4.83. The molecule has 0 spiro atoms. The molecule has 0 amide bonds. The van der Waals surface area contributed by atoms with Gasteiger partial charge in [0.05, 0.1) is 5.60 Å². The maximum absolute atomic E-state index is 9.47. The number of para-hydroxylation sites is 1. The number of hydrogen-bond acceptors (Lipinski definition) is 4. The summed E-state index contributed by atoms with van der Waals surface area (Å²) in [5.41, 5.74) is -0.175. The molecule has 0 aliphatic heterocycles. The Labute approximate surface area is 89.2 Å². The molecule has 0 radical (unpaired) electrons. The third-order valence-corrected chi connectivity index (χ3v) is 1.97. The van der Waals surface area contributed by atoms with Gasteiger partial charge >= 0.3 is 0 Å². The normalized spacial score (nSPS) is 11.7. The fourth-order valence-corrected chi connectivity index (χ4v) is 1.22. The molecular formula is C11H17NO3. The van der Waals surface area contributed by atoms with E-state index in [1.54, 1.807) is 26.0 Å². The Balaban J connectivity index is 2.55. The zero-order chi connectivity index (χ0) is 11.5. The van der Waals surface area contributed by atoms with Crippen LogP contribution in [0.3, 0.4) is 0 Å². The predicted molar refractivity (Wildman–Crippen MR) is 57.8 cm³/mol. The van der Waals surface area contributed by atoms with E-state index in [1.165, 1.54) is 6.07 Å². The van der Waals surface area contributed by atoms with Crippen LogP contribution in [0.4, 0.5) is 0 Å². The highest BCUT2D eigenvalue weighted by Gasteiger charge is 2.12. The van der Waals surface area contributed by atoms with Gasteiger partial charge in [0.2, 0.25) is 0 Å². The molecule has 0 unspecified atom stereocenters. The largest absolute Gasteiger partial charge is 0.504 e. The molecule has 1 aromatic carbocycles. The summed E-state index contributed by atoms with van der Waals surface area (Å²) < 4.78 is 0. The molecule has 0 aliphatic carbocycles. The number of benzene rings is 1. The second-order valence-electron chi connectivity index (χ2n) is 4.20. The van der Waals surface area contributed by atoms with Crippen LogP contribution in [-0.4, -0.2) is 27.5 Å². The van der Waals surface area contributed by atoms with Crippen molar-refractivity contribution in [2.75, 3.05) is 6.54 Å². The van der Waals surface area contributed by atoms with E-state index in [0.717, 1.165) is 0 Å². The van der Waals surface area contributed by atoms with Crippen molar-refractivity contribution in [2.24, 2.45) is 0 Å². The second-order valence-corrected chi connectivity index (χ2v) is 4.20. The number of phenols is 2. The number of nitrogens with one attached hydrogen (secondary N) is 1. The molecule has 0 fully saturated rings. The Bertz CT molecular complexity index is 331. The Morgan fingerprint density at radius 2 is 1.93 bits per heavy atom. The van der Waals surface area contributed by atoms with Crippen LogP contribution in [0, 0.1) is 0 Å². The van der Waals surface area contributed by atoms with Gasteiger partial charge in [0.25, 0.3) is 0 Å². The minimum atomic E-state index is -0.785. The number of aromatic hydroxyl groups is 2. The molecule has 0 aliphatic rings. The molecular weight excluding hydrogens is 194 g/mol. The molecule has 1 rings (SSSR count). The molecule has 4 heteroatoms. The third-order valence-electron chi connectivity index (χ3n) is 1.97. The van der Waals surface area contributed by atoms with Crippen LogP contribution in [0.25, 0.3) is 0 Å². The van der Waals surface area contributed by atoms with Crippen LogP contribution >= 0.6 is 0 Å². The average molecular weight is 211 g/mol. The summed E-state index contributed by atoms with van der Waals surface area (Å²) in [4.78, 5) is 0. The van der Waals surface area contributed by atoms with Gasteiger partial charge in [-0.15, -0.1) is 0 Å². The van der Waals surface area contributed by atoms with E-state index in [9.17, 15) is 15.3 Å². The van der Waals surface area contributed by atoms with E-state index in [-0.39, 0.29) is 11.5 Å². The molecule has 0 saturated carbocycles.